The normalized spacial score (nSPS) is 10.4. The zero-order valence-corrected chi connectivity index (χ0v) is 15.9. The number of rotatable bonds is 7. The lowest BCUT2D eigenvalue weighted by molar-refractivity contribution is -0.121. The number of benzene rings is 2. The third kappa shape index (κ3) is 4.75. The van der Waals surface area contributed by atoms with Gasteiger partial charge in [0.05, 0.1) is 19.2 Å². The molecule has 7 heteroatoms. The fourth-order valence-electron chi connectivity index (χ4n) is 2.55. The fraction of sp³-hybridized carbons (Fsp3) is 0.143. The summed E-state index contributed by atoms with van der Waals surface area (Å²) in [5.41, 5.74) is 0.436. The Bertz CT molecular complexity index is 941. The summed E-state index contributed by atoms with van der Waals surface area (Å²) in [6, 6.07) is 16.3. The van der Waals surface area contributed by atoms with Crippen molar-refractivity contribution < 1.29 is 23.5 Å². The molecule has 28 heavy (non-hydrogen) atoms. The Balaban J connectivity index is 1.74. The Hall–Kier alpha value is -3.19. The van der Waals surface area contributed by atoms with E-state index in [4.69, 9.17) is 9.47 Å². The number of halogens is 1. The van der Waals surface area contributed by atoms with Crippen LogP contribution in [0.4, 0.5) is 10.1 Å². The first kappa shape index (κ1) is 19.6. The van der Waals surface area contributed by atoms with Gasteiger partial charge in [0.25, 0.3) is 5.91 Å². The summed E-state index contributed by atoms with van der Waals surface area (Å²) in [5, 5.41) is 1.92. The number of carbonyl (C=O) groups excluding carboxylic acids is 2. The molecule has 0 saturated heterocycles. The number of hydrogen-bond donors (Lipinski definition) is 0. The van der Waals surface area contributed by atoms with Crippen LogP contribution in [0.3, 0.4) is 0 Å². The first-order valence-corrected chi connectivity index (χ1v) is 9.35. The van der Waals surface area contributed by atoms with Crippen molar-refractivity contribution in [3.63, 3.8) is 0 Å². The maximum atomic E-state index is 13.7. The Morgan fingerprint density at radius 2 is 1.79 bits per heavy atom. The molecule has 2 aromatic carbocycles. The van der Waals surface area contributed by atoms with Crippen molar-refractivity contribution in [1.82, 2.24) is 0 Å². The monoisotopic (exact) mass is 399 g/mol. The van der Waals surface area contributed by atoms with Crippen LogP contribution in [0.1, 0.15) is 15.2 Å². The summed E-state index contributed by atoms with van der Waals surface area (Å²) in [5.74, 6) is -1.32. The number of anilines is 1. The van der Waals surface area contributed by atoms with Crippen LogP contribution in [-0.4, -0.2) is 25.6 Å². The number of methoxy groups -OCH3 is 1. The average Bonchev–Trinajstić information content (AvgIpc) is 3.24. The molecule has 0 atom stereocenters. The molecule has 0 saturated carbocycles. The first-order chi connectivity index (χ1) is 13.6. The van der Waals surface area contributed by atoms with Crippen LogP contribution in [0.2, 0.25) is 0 Å². The van der Waals surface area contributed by atoms with E-state index < -0.39 is 24.3 Å². The molecule has 0 aliphatic heterocycles. The lowest BCUT2D eigenvalue weighted by Crippen LogP contribution is -2.34. The molecule has 0 bridgehead atoms. The highest BCUT2D eigenvalue weighted by atomic mass is 32.1. The highest BCUT2D eigenvalue weighted by Crippen LogP contribution is 2.23. The predicted molar refractivity (Wildman–Crippen MR) is 105 cm³/mol. The van der Waals surface area contributed by atoms with Gasteiger partial charge in [-0.3, -0.25) is 4.79 Å². The van der Waals surface area contributed by atoms with Crippen molar-refractivity contribution in [2.45, 2.75) is 6.54 Å². The number of esters is 1. The van der Waals surface area contributed by atoms with Gasteiger partial charge < -0.3 is 14.4 Å². The first-order valence-electron chi connectivity index (χ1n) is 8.47. The Labute approximate surface area is 165 Å². The van der Waals surface area contributed by atoms with Gasteiger partial charge in [0, 0.05) is 10.6 Å². The molecule has 0 fully saturated rings. The fourth-order valence-corrected chi connectivity index (χ4v) is 3.25. The van der Waals surface area contributed by atoms with Crippen molar-refractivity contribution in [3.05, 3.63) is 82.3 Å². The predicted octanol–water partition coefficient (Wildman–Crippen LogP) is 4.29. The van der Waals surface area contributed by atoms with Crippen LogP contribution >= 0.6 is 11.3 Å². The third-order valence-electron chi connectivity index (χ3n) is 4.00. The maximum Gasteiger partial charge on any atom is 0.341 e. The molecule has 0 N–H and O–H groups in total. The summed E-state index contributed by atoms with van der Waals surface area (Å²) in [6.45, 7) is -0.162. The molecule has 1 amide bonds. The number of amides is 1. The molecule has 1 aromatic heterocycles. The van der Waals surface area contributed by atoms with E-state index in [0.717, 1.165) is 4.88 Å². The highest BCUT2D eigenvalue weighted by molar-refractivity contribution is 7.09. The van der Waals surface area contributed by atoms with Gasteiger partial charge >= 0.3 is 5.97 Å². The third-order valence-corrected chi connectivity index (χ3v) is 4.86. The zero-order chi connectivity index (χ0) is 19.9. The molecule has 3 aromatic rings. The van der Waals surface area contributed by atoms with E-state index in [2.05, 4.69) is 0 Å². The van der Waals surface area contributed by atoms with Crippen LogP contribution in [0.25, 0.3) is 0 Å². The largest absolute Gasteiger partial charge is 0.497 e. The van der Waals surface area contributed by atoms with Crippen LogP contribution in [-0.2, 0) is 16.1 Å². The smallest absolute Gasteiger partial charge is 0.341 e. The molecular formula is C21H18FNO4S. The van der Waals surface area contributed by atoms with Gasteiger partial charge in [-0.05, 0) is 47.8 Å². The summed E-state index contributed by atoms with van der Waals surface area (Å²) >= 11 is 1.52. The number of ether oxygens (including phenoxy) is 2. The molecule has 144 valence electrons. The quantitative estimate of drug-likeness (QED) is 0.557. The standard InChI is InChI=1S/C21H18FNO4S/c1-26-16-10-8-15(9-11-16)23(13-17-5-4-12-28-17)20(24)14-27-21(25)18-6-2-3-7-19(18)22/h2-12H,13-14H2,1H3. The topological polar surface area (TPSA) is 55.8 Å². The van der Waals surface area contributed by atoms with Gasteiger partial charge in [-0.15, -0.1) is 11.3 Å². The number of thiophene rings is 1. The second-order valence-corrected chi connectivity index (χ2v) is 6.85. The molecule has 5 nitrogen and oxygen atoms in total. The van der Waals surface area contributed by atoms with E-state index in [1.54, 1.807) is 31.4 Å². The van der Waals surface area contributed by atoms with Gasteiger partial charge in [-0.25, -0.2) is 9.18 Å². The average molecular weight is 399 g/mol. The minimum absolute atomic E-state index is 0.204. The van der Waals surface area contributed by atoms with Crippen LogP contribution < -0.4 is 9.64 Å². The van der Waals surface area contributed by atoms with Gasteiger partial charge in [-0.2, -0.15) is 0 Å². The van der Waals surface area contributed by atoms with Crippen molar-refractivity contribution in [2.24, 2.45) is 0 Å². The Morgan fingerprint density at radius 1 is 1.04 bits per heavy atom. The van der Waals surface area contributed by atoms with Gasteiger partial charge in [0.1, 0.15) is 11.6 Å². The zero-order valence-electron chi connectivity index (χ0n) is 15.1. The molecule has 3 rings (SSSR count). The SMILES string of the molecule is COc1ccc(N(Cc2cccs2)C(=O)COC(=O)c2ccccc2F)cc1. The summed E-state index contributed by atoms with van der Waals surface area (Å²) < 4.78 is 23.9. The van der Waals surface area contributed by atoms with Gasteiger partial charge in [-0.1, -0.05) is 18.2 Å². The van der Waals surface area contributed by atoms with Gasteiger partial charge in [0.15, 0.2) is 6.61 Å². The number of hydrogen-bond acceptors (Lipinski definition) is 5. The molecule has 0 aliphatic rings. The van der Waals surface area contributed by atoms with Crippen molar-refractivity contribution in [2.75, 3.05) is 18.6 Å². The minimum Gasteiger partial charge on any atom is -0.497 e. The molecular weight excluding hydrogens is 381 g/mol. The summed E-state index contributed by atoms with van der Waals surface area (Å²) in [7, 11) is 1.56. The Kier molecular flexibility index (Phi) is 6.39. The van der Waals surface area contributed by atoms with Crippen molar-refractivity contribution >= 4 is 28.9 Å². The second-order valence-electron chi connectivity index (χ2n) is 5.81. The van der Waals surface area contributed by atoms with Crippen LogP contribution in [0.5, 0.6) is 5.75 Å². The summed E-state index contributed by atoms with van der Waals surface area (Å²) in [6.07, 6.45) is 0. The van der Waals surface area contributed by atoms with Crippen LogP contribution in [0.15, 0.2) is 66.0 Å². The molecule has 1 heterocycles. The van der Waals surface area contributed by atoms with Crippen molar-refractivity contribution in [1.29, 1.82) is 0 Å². The second kappa shape index (κ2) is 9.14. The Morgan fingerprint density at radius 3 is 2.43 bits per heavy atom. The minimum atomic E-state index is -0.878. The lowest BCUT2D eigenvalue weighted by atomic mass is 10.2. The number of nitrogens with zero attached hydrogens (tertiary/aromatic N) is 1. The lowest BCUT2D eigenvalue weighted by Gasteiger charge is -2.22. The molecule has 0 spiro atoms. The van der Waals surface area contributed by atoms with Gasteiger partial charge in [0.2, 0.25) is 0 Å². The van der Waals surface area contributed by atoms with E-state index in [9.17, 15) is 14.0 Å². The molecule has 0 radical (unpaired) electrons. The van der Waals surface area contributed by atoms with Crippen LogP contribution in [0, 0.1) is 5.82 Å². The van der Waals surface area contributed by atoms with E-state index in [1.165, 1.54) is 40.5 Å². The molecule has 0 aliphatic carbocycles. The maximum absolute atomic E-state index is 13.7. The molecule has 0 unspecified atom stereocenters. The van der Waals surface area contributed by atoms with E-state index >= 15 is 0 Å². The van der Waals surface area contributed by atoms with E-state index in [0.29, 0.717) is 18.0 Å². The highest BCUT2D eigenvalue weighted by Gasteiger charge is 2.20. The van der Waals surface area contributed by atoms with Crippen molar-refractivity contribution in [3.8, 4) is 5.75 Å². The number of carbonyl (C=O) groups is 2. The van der Waals surface area contributed by atoms with E-state index in [1.807, 2.05) is 17.5 Å². The summed E-state index contributed by atoms with van der Waals surface area (Å²) in [4.78, 5) is 27.3. The van der Waals surface area contributed by atoms with E-state index in [-0.39, 0.29) is 5.56 Å².